The molecule has 0 unspecified atom stereocenters. The number of benzene rings is 1. The molecule has 0 radical (unpaired) electrons. The molecule has 0 amide bonds. The number of imidazole rings is 1. The van der Waals surface area contributed by atoms with Crippen LogP contribution in [0.3, 0.4) is 0 Å². The number of likely N-dealkylation sites (tertiary alicyclic amines) is 1. The molecule has 0 spiro atoms. The highest BCUT2D eigenvalue weighted by Gasteiger charge is 2.28. The van der Waals surface area contributed by atoms with E-state index >= 15 is 0 Å². The van der Waals surface area contributed by atoms with Gasteiger partial charge in [0.25, 0.3) is 0 Å². The summed E-state index contributed by atoms with van der Waals surface area (Å²) in [4.78, 5) is 21.3. The molecular formula is C22H27N3O2S. The van der Waals surface area contributed by atoms with Gasteiger partial charge in [-0.05, 0) is 63.4 Å². The molecule has 5 nitrogen and oxygen atoms in total. The molecule has 3 heterocycles. The zero-order valence-corrected chi connectivity index (χ0v) is 17.8. The van der Waals surface area contributed by atoms with Crippen LogP contribution < -0.4 is 4.74 Å². The minimum atomic E-state index is 0.0483. The quantitative estimate of drug-likeness (QED) is 0.598. The Morgan fingerprint density at radius 3 is 2.75 bits per heavy atom. The van der Waals surface area contributed by atoms with Gasteiger partial charge < -0.3 is 4.74 Å². The minimum Gasteiger partial charge on any atom is -0.496 e. The molecule has 1 aliphatic rings. The van der Waals surface area contributed by atoms with Crippen LogP contribution in [0.4, 0.5) is 0 Å². The van der Waals surface area contributed by atoms with Crippen molar-refractivity contribution in [2.24, 2.45) is 5.92 Å². The second kappa shape index (κ2) is 7.68. The van der Waals surface area contributed by atoms with Gasteiger partial charge >= 0.3 is 0 Å². The molecule has 1 fully saturated rings. The number of aryl methyl sites for hydroxylation is 3. The van der Waals surface area contributed by atoms with Crippen molar-refractivity contribution in [3.05, 3.63) is 51.8 Å². The summed E-state index contributed by atoms with van der Waals surface area (Å²) in [6, 6.07) is 3.95. The molecule has 4 rings (SSSR count). The summed E-state index contributed by atoms with van der Waals surface area (Å²) in [5, 5.41) is 2.07. The van der Waals surface area contributed by atoms with Crippen LogP contribution in [0, 0.1) is 26.7 Å². The van der Waals surface area contributed by atoms with Gasteiger partial charge in [0.2, 0.25) is 0 Å². The highest BCUT2D eigenvalue weighted by atomic mass is 32.1. The SMILES string of the molecule is COc1c(C)cc(C(=O)[C@H]2CCCN(Cc3c(C)nc4sccn34)C2)cc1C. The average Bonchev–Trinajstić information content (AvgIpc) is 3.23. The number of aromatic nitrogens is 2. The Balaban J connectivity index is 1.51. The number of nitrogens with zero attached hydrogens (tertiary/aromatic N) is 3. The normalized spacial score (nSPS) is 17.9. The first kappa shape index (κ1) is 19.2. The van der Waals surface area contributed by atoms with E-state index in [1.54, 1.807) is 18.4 Å². The molecule has 1 atom stereocenters. The summed E-state index contributed by atoms with van der Waals surface area (Å²) in [6.07, 6.45) is 4.10. The fraction of sp³-hybridized carbons (Fsp3) is 0.455. The van der Waals surface area contributed by atoms with Gasteiger partial charge in [-0.15, -0.1) is 11.3 Å². The van der Waals surface area contributed by atoms with Crippen molar-refractivity contribution in [3.63, 3.8) is 0 Å². The third kappa shape index (κ3) is 3.47. The molecule has 1 aromatic carbocycles. The zero-order chi connectivity index (χ0) is 19.8. The van der Waals surface area contributed by atoms with Gasteiger partial charge in [-0.3, -0.25) is 14.1 Å². The third-order valence-corrected chi connectivity index (χ3v) is 6.52. The van der Waals surface area contributed by atoms with Crippen molar-refractivity contribution in [2.45, 2.75) is 40.2 Å². The average molecular weight is 398 g/mol. The maximum atomic E-state index is 13.2. The van der Waals surface area contributed by atoms with Gasteiger partial charge in [0.1, 0.15) is 5.75 Å². The number of thiazole rings is 1. The standard InChI is InChI=1S/C22H27N3O2S/c1-14-10-18(11-15(2)21(14)27-4)20(26)17-6-5-7-24(12-17)13-19-16(3)23-22-25(19)8-9-28-22/h8-11,17H,5-7,12-13H2,1-4H3/t17-/m0/s1. The van der Waals surface area contributed by atoms with Crippen molar-refractivity contribution in [1.82, 2.24) is 14.3 Å². The topological polar surface area (TPSA) is 46.8 Å². The molecule has 148 valence electrons. The number of hydrogen-bond acceptors (Lipinski definition) is 5. The Hall–Kier alpha value is -2.18. The first-order valence-electron chi connectivity index (χ1n) is 9.80. The van der Waals surface area contributed by atoms with Crippen LogP contribution in [0.1, 0.15) is 45.7 Å². The van der Waals surface area contributed by atoms with Crippen LogP contribution in [-0.4, -0.2) is 40.3 Å². The van der Waals surface area contributed by atoms with E-state index in [9.17, 15) is 4.79 Å². The van der Waals surface area contributed by atoms with Gasteiger partial charge in [-0.2, -0.15) is 0 Å². The lowest BCUT2D eigenvalue weighted by Gasteiger charge is -2.32. The first-order chi connectivity index (χ1) is 13.5. The molecule has 1 saturated heterocycles. The van der Waals surface area contributed by atoms with Gasteiger partial charge in [0.05, 0.1) is 18.5 Å². The zero-order valence-electron chi connectivity index (χ0n) is 17.0. The van der Waals surface area contributed by atoms with E-state index in [4.69, 9.17) is 4.74 Å². The lowest BCUT2D eigenvalue weighted by Crippen LogP contribution is -2.38. The maximum absolute atomic E-state index is 13.2. The molecule has 28 heavy (non-hydrogen) atoms. The first-order valence-corrected chi connectivity index (χ1v) is 10.7. The highest BCUT2D eigenvalue weighted by Crippen LogP contribution is 2.28. The number of hydrogen-bond donors (Lipinski definition) is 0. The summed E-state index contributed by atoms with van der Waals surface area (Å²) in [6.45, 7) is 8.76. The number of ether oxygens (including phenoxy) is 1. The predicted octanol–water partition coefficient (Wildman–Crippen LogP) is 4.42. The molecule has 6 heteroatoms. The molecule has 3 aromatic rings. The van der Waals surface area contributed by atoms with E-state index in [0.29, 0.717) is 0 Å². The van der Waals surface area contributed by atoms with E-state index in [-0.39, 0.29) is 11.7 Å². The van der Waals surface area contributed by atoms with Crippen molar-refractivity contribution in [3.8, 4) is 5.75 Å². The van der Waals surface area contributed by atoms with Crippen molar-refractivity contribution in [1.29, 1.82) is 0 Å². The summed E-state index contributed by atoms with van der Waals surface area (Å²) in [5.74, 6) is 1.18. The molecule has 0 saturated carbocycles. The second-order valence-electron chi connectivity index (χ2n) is 7.78. The lowest BCUT2D eigenvalue weighted by molar-refractivity contribution is 0.0809. The van der Waals surface area contributed by atoms with Crippen LogP contribution in [0.2, 0.25) is 0 Å². The van der Waals surface area contributed by atoms with Crippen molar-refractivity contribution in [2.75, 3.05) is 20.2 Å². The van der Waals surface area contributed by atoms with Crippen LogP contribution in [0.25, 0.3) is 4.96 Å². The van der Waals surface area contributed by atoms with Gasteiger partial charge in [-0.25, -0.2) is 4.98 Å². The monoisotopic (exact) mass is 397 g/mol. The molecule has 0 bridgehead atoms. The molecule has 2 aromatic heterocycles. The number of rotatable bonds is 5. The Morgan fingerprint density at radius 1 is 1.29 bits per heavy atom. The summed E-state index contributed by atoms with van der Waals surface area (Å²) in [5.41, 5.74) is 5.17. The summed E-state index contributed by atoms with van der Waals surface area (Å²) >= 11 is 1.66. The largest absolute Gasteiger partial charge is 0.496 e. The van der Waals surface area contributed by atoms with Crippen LogP contribution in [0.15, 0.2) is 23.7 Å². The number of carbonyl (C=O) groups excluding carboxylic acids is 1. The van der Waals surface area contributed by atoms with Crippen molar-refractivity contribution < 1.29 is 9.53 Å². The fourth-order valence-electron chi connectivity index (χ4n) is 4.41. The van der Waals surface area contributed by atoms with E-state index in [2.05, 4.69) is 32.8 Å². The number of fused-ring (bicyclic) bond motifs is 1. The number of methoxy groups -OCH3 is 1. The van der Waals surface area contributed by atoms with Crippen molar-refractivity contribution >= 4 is 22.1 Å². The van der Waals surface area contributed by atoms with E-state index in [1.165, 1.54) is 5.69 Å². The smallest absolute Gasteiger partial charge is 0.194 e. The van der Waals surface area contributed by atoms with E-state index < -0.39 is 0 Å². The van der Waals surface area contributed by atoms with Crippen LogP contribution in [-0.2, 0) is 6.54 Å². The maximum Gasteiger partial charge on any atom is 0.194 e. The number of piperidine rings is 1. The number of ketones is 1. The number of Topliss-reactive ketones (excluding diaryl/α,β-unsaturated/α-hetero) is 1. The number of carbonyl (C=O) groups is 1. The Kier molecular flexibility index (Phi) is 5.25. The molecular weight excluding hydrogens is 370 g/mol. The second-order valence-corrected chi connectivity index (χ2v) is 8.65. The predicted molar refractivity (Wildman–Crippen MR) is 113 cm³/mol. The highest BCUT2D eigenvalue weighted by molar-refractivity contribution is 7.15. The fourth-order valence-corrected chi connectivity index (χ4v) is 5.18. The van der Waals surface area contributed by atoms with Gasteiger partial charge in [0, 0.05) is 36.1 Å². The Bertz CT molecular complexity index is 997. The minimum absolute atomic E-state index is 0.0483. The molecule has 1 aliphatic heterocycles. The van der Waals surface area contributed by atoms with Crippen LogP contribution >= 0.6 is 11.3 Å². The van der Waals surface area contributed by atoms with E-state index in [0.717, 1.165) is 65.6 Å². The Morgan fingerprint density at radius 2 is 2.04 bits per heavy atom. The van der Waals surface area contributed by atoms with Gasteiger partial charge in [-0.1, -0.05) is 0 Å². The molecule has 0 N–H and O–H groups in total. The molecule has 0 aliphatic carbocycles. The lowest BCUT2D eigenvalue weighted by atomic mass is 9.88. The van der Waals surface area contributed by atoms with E-state index in [1.807, 2.05) is 26.0 Å². The summed E-state index contributed by atoms with van der Waals surface area (Å²) < 4.78 is 7.63. The van der Waals surface area contributed by atoms with Gasteiger partial charge in [0.15, 0.2) is 10.7 Å². The Labute approximate surface area is 170 Å². The third-order valence-electron chi connectivity index (χ3n) is 5.76. The van der Waals surface area contributed by atoms with Crippen LogP contribution in [0.5, 0.6) is 5.75 Å². The summed E-state index contributed by atoms with van der Waals surface area (Å²) in [7, 11) is 1.68.